The number of sulfone groups is 1. The van der Waals surface area contributed by atoms with E-state index in [4.69, 9.17) is 4.74 Å². The highest BCUT2D eigenvalue weighted by atomic mass is 79.9. The van der Waals surface area contributed by atoms with E-state index in [0.29, 0.717) is 30.3 Å². The van der Waals surface area contributed by atoms with Gasteiger partial charge in [0.1, 0.15) is 17.5 Å². The van der Waals surface area contributed by atoms with Gasteiger partial charge in [-0.3, -0.25) is 4.79 Å². The van der Waals surface area contributed by atoms with Crippen molar-refractivity contribution in [2.45, 2.75) is 12.5 Å². The maximum absolute atomic E-state index is 12.3. The van der Waals surface area contributed by atoms with E-state index in [2.05, 4.69) is 15.9 Å². The Balaban J connectivity index is 1.45. The third-order valence-corrected chi connectivity index (χ3v) is 6.99. The quantitative estimate of drug-likeness (QED) is 0.732. The first-order valence-corrected chi connectivity index (χ1v) is 10.8. The zero-order valence-corrected chi connectivity index (χ0v) is 15.8. The lowest BCUT2D eigenvalue weighted by molar-refractivity contribution is -0.925. The molecule has 1 aromatic rings. The van der Waals surface area contributed by atoms with Crippen LogP contribution < -0.4 is 9.64 Å². The maximum atomic E-state index is 12.3. The Bertz CT molecular complexity index is 702. The largest absolute Gasteiger partial charge is 0.484 e. The van der Waals surface area contributed by atoms with Crippen LogP contribution in [0.1, 0.15) is 6.42 Å². The van der Waals surface area contributed by atoms with E-state index < -0.39 is 9.84 Å². The predicted octanol–water partition coefficient (Wildman–Crippen LogP) is -0.258. The summed E-state index contributed by atoms with van der Waals surface area (Å²) in [6.45, 7) is 2.97. The van der Waals surface area contributed by atoms with Gasteiger partial charge in [-0.25, -0.2) is 8.42 Å². The van der Waals surface area contributed by atoms with Gasteiger partial charge < -0.3 is 14.5 Å². The molecule has 0 saturated carbocycles. The molecule has 2 saturated heterocycles. The highest BCUT2D eigenvalue weighted by Gasteiger charge is 2.37. The topological polar surface area (TPSA) is 68.1 Å². The van der Waals surface area contributed by atoms with Crippen molar-refractivity contribution in [2.75, 3.05) is 44.3 Å². The Morgan fingerprint density at radius 3 is 2.71 bits per heavy atom. The van der Waals surface area contributed by atoms with E-state index in [1.165, 1.54) is 4.90 Å². The van der Waals surface area contributed by atoms with Crippen LogP contribution in [0, 0.1) is 0 Å². The predicted molar refractivity (Wildman–Crippen MR) is 94.0 cm³/mol. The number of hydrogen-bond acceptors (Lipinski definition) is 4. The van der Waals surface area contributed by atoms with Crippen molar-refractivity contribution < 1.29 is 22.8 Å². The summed E-state index contributed by atoms with van der Waals surface area (Å²) in [4.78, 5) is 15.4. The van der Waals surface area contributed by atoms with Crippen LogP contribution in [-0.2, 0) is 14.6 Å². The van der Waals surface area contributed by atoms with Crippen molar-refractivity contribution in [3.63, 3.8) is 0 Å². The monoisotopic (exact) mass is 417 g/mol. The standard InChI is InChI=1S/C16H21BrN2O4S/c17-13-2-1-3-15(10-13)23-11-16(20)19-7-5-18(6-8-19)14-4-9-24(21,22)12-14/h1-3,10,14H,4-9,11-12H2/p+1/t14-/m1/s1. The average molecular weight is 418 g/mol. The molecule has 0 bridgehead atoms. The number of amides is 1. The Morgan fingerprint density at radius 1 is 1.33 bits per heavy atom. The Morgan fingerprint density at radius 2 is 2.08 bits per heavy atom. The molecule has 3 rings (SSSR count). The summed E-state index contributed by atoms with van der Waals surface area (Å²) in [5.74, 6) is 1.25. The molecule has 0 spiro atoms. The minimum atomic E-state index is -2.84. The molecule has 2 heterocycles. The number of carbonyl (C=O) groups is 1. The molecule has 0 unspecified atom stereocenters. The van der Waals surface area contributed by atoms with Crippen LogP contribution in [0.5, 0.6) is 5.75 Å². The van der Waals surface area contributed by atoms with Gasteiger partial charge in [0, 0.05) is 10.9 Å². The SMILES string of the molecule is O=C(COc1cccc(Br)c1)N1CC[NH+]([C@@H]2CCS(=O)(=O)C2)CC1. The Hall–Kier alpha value is -1.12. The first-order chi connectivity index (χ1) is 11.4. The minimum absolute atomic E-state index is 0.0203. The molecule has 132 valence electrons. The third kappa shape index (κ3) is 4.49. The van der Waals surface area contributed by atoms with Gasteiger partial charge in [-0.05, 0) is 18.2 Å². The summed E-state index contributed by atoms with van der Waals surface area (Å²) in [6, 6.07) is 7.61. The van der Waals surface area contributed by atoms with E-state index >= 15 is 0 Å². The van der Waals surface area contributed by atoms with Gasteiger partial charge in [-0.15, -0.1) is 0 Å². The van der Waals surface area contributed by atoms with Gasteiger partial charge in [0.05, 0.1) is 31.9 Å². The van der Waals surface area contributed by atoms with Crippen LogP contribution in [0.3, 0.4) is 0 Å². The molecule has 2 aliphatic heterocycles. The molecule has 1 atom stereocenters. The molecule has 24 heavy (non-hydrogen) atoms. The Labute approximate surface area is 150 Å². The number of quaternary nitrogens is 1. The summed E-state index contributed by atoms with van der Waals surface area (Å²) in [5.41, 5.74) is 0. The van der Waals surface area contributed by atoms with Crippen LogP contribution in [-0.4, -0.2) is 69.6 Å². The first-order valence-electron chi connectivity index (χ1n) is 8.14. The number of nitrogens with zero attached hydrogens (tertiary/aromatic N) is 1. The molecule has 0 radical (unpaired) electrons. The molecule has 1 aromatic carbocycles. The van der Waals surface area contributed by atoms with Crippen molar-refractivity contribution in [1.82, 2.24) is 4.90 Å². The summed E-state index contributed by atoms with van der Waals surface area (Å²) in [5, 5.41) is 0. The molecule has 0 aromatic heterocycles. The normalized spacial score (nSPS) is 24.0. The number of piperazine rings is 1. The van der Waals surface area contributed by atoms with E-state index in [-0.39, 0.29) is 18.6 Å². The van der Waals surface area contributed by atoms with Crippen LogP contribution in [0.15, 0.2) is 28.7 Å². The van der Waals surface area contributed by atoms with Gasteiger partial charge in [0.15, 0.2) is 16.4 Å². The van der Waals surface area contributed by atoms with Crippen LogP contribution in [0.2, 0.25) is 0 Å². The molecule has 1 amide bonds. The van der Waals surface area contributed by atoms with Crippen molar-refractivity contribution in [3.8, 4) is 5.75 Å². The van der Waals surface area contributed by atoms with Crippen molar-refractivity contribution in [3.05, 3.63) is 28.7 Å². The lowest BCUT2D eigenvalue weighted by atomic mass is 10.2. The molecule has 2 fully saturated rings. The van der Waals surface area contributed by atoms with Crippen molar-refractivity contribution >= 4 is 31.7 Å². The second kappa shape index (κ2) is 7.41. The number of halogens is 1. The molecular formula is C16H22BrN2O4S+. The summed E-state index contributed by atoms with van der Waals surface area (Å²) in [7, 11) is -2.84. The van der Waals surface area contributed by atoms with Gasteiger partial charge in [-0.1, -0.05) is 22.0 Å². The third-order valence-electron chi connectivity index (χ3n) is 4.73. The lowest BCUT2D eigenvalue weighted by Gasteiger charge is -2.34. The van der Waals surface area contributed by atoms with Gasteiger partial charge in [0.2, 0.25) is 0 Å². The molecule has 1 N–H and O–H groups in total. The van der Waals surface area contributed by atoms with E-state index in [1.807, 2.05) is 29.2 Å². The number of carbonyl (C=O) groups excluding carboxylic acids is 1. The highest BCUT2D eigenvalue weighted by molar-refractivity contribution is 9.10. The fourth-order valence-electron chi connectivity index (χ4n) is 3.36. The second-order valence-corrected chi connectivity index (χ2v) is 9.53. The van der Waals surface area contributed by atoms with E-state index in [9.17, 15) is 13.2 Å². The van der Waals surface area contributed by atoms with Crippen LogP contribution in [0.25, 0.3) is 0 Å². The van der Waals surface area contributed by atoms with Crippen LogP contribution in [0.4, 0.5) is 0 Å². The molecule has 0 aliphatic carbocycles. The average Bonchev–Trinajstić information content (AvgIpc) is 2.93. The van der Waals surface area contributed by atoms with Gasteiger partial charge in [-0.2, -0.15) is 0 Å². The Kier molecular flexibility index (Phi) is 5.46. The first kappa shape index (κ1) is 17.7. The van der Waals surface area contributed by atoms with E-state index in [1.54, 1.807) is 0 Å². The van der Waals surface area contributed by atoms with Crippen molar-refractivity contribution in [1.29, 1.82) is 0 Å². The number of nitrogens with one attached hydrogen (secondary N) is 1. The molecule has 8 heteroatoms. The summed E-state index contributed by atoms with van der Waals surface area (Å²) < 4.78 is 29.7. The fraction of sp³-hybridized carbons (Fsp3) is 0.562. The van der Waals surface area contributed by atoms with Gasteiger partial charge >= 0.3 is 0 Å². The lowest BCUT2D eigenvalue weighted by Crippen LogP contribution is -3.18. The molecule has 6 nitrogen and oxygen atoms in total. The number of ether oxygens (including phenoxy) is 1. The fourth-order valence-corrected chi connectivity index (χ4v) is 5.57. The number of hydrogen-bond donors (Lipinski definition) is 1. The smallest absolute Gasteiger partial charge is 0.260 e. The molecule has 2 aliphatic rings. The van der Waals surface area contributed by atoms with Crippen molar-refractivity contribution in [2.24, 2.45) is 0 Å². The maximum Gasteiger partial charge on any atom is 0.260 e. The highest BCUT2D eigenvalue weighted by Crippen LogP contribution is 2.17. The zero-order valence-electron chi connectivity index (χ0n) is 13.4. The summed E-state index contributed by atoms with van der Waals surface area (Å²) >= 11 is 3.37. The van der Waals surface area contributed by atoms with Gasteiger partial charge in [0.25, 0.3) is 5.91 Å². The summed E-state index contributed by atoms with van der Waals surface area (Å²) in [6.07, 6.45) is 0.748. The minimum Gasteiger partial charge on any atom is -0.484 e. The number of benzene rings is 1. The number of rotatable bonds is 4. The zero-order chi connectivity index (χ0) is 17.2. The second-order valence-electron chi connectivity index (χ2n) is 6.39. The molecular weight excluding hydrogens is 396 g/mol. The van der Waals surface area contributed by atoms with E-state index in [0.717, 1.165) is 24.0 Å². The van der Waals surface area contributed by atoms with Crippen LogP contribution >= 0.6 is 15.9 Å².